The Kier molecular flexibility index (Phi) is 9.19. The number of amides is 2. The fraction of sp³-hybridized carbons (Fsp3) is 0.391. The minimum Gasteiger partial charge on any atom is -0.354 e. The molecule has 4 nitrogen and oxygen atoms in total. The summed E-state index contributed by atoms with van der Waals surface area (Å²) in [5, 5.41) is 2.82. The fourth-order valence-electron chi connectivity index (χ4n) is 2.81. The van der Waals surface area contributed by atoms with Gasteiger partial charge in [0.15, 0.2) is 0 Å². The van der Waals surface area contributed by atoms with Crippen LogP contribution >= 0.6 is 11.8 Å². The Balaban J connectivity index is 2.05. The second-order valence-corrected chi connectivity index (χ2v) is 8.04. The van der Waals surface area contributed by atoms with Crippen molar-refractivity contribution in [2.75, 3.05) is 12.3 Å². The predicted molar refractivity (Wildman–Crippen MR) is 117 cm³/mol. The van der Waals surface area contributed by atoms with Gasteiger partial charge in [0.05, 0.1) is 5.75 Å². The van der Waals surface area contributed by atoms with Crippen LogP contribution in [0, 0.1) is 12.7 Å². The van der Waals surface area contributed by atoms with E-state index in [-0.39, 0.29) is 29.9 Å². The smallest absolute Gasteiger partial charge is 0.242 e. The highest BCUT2D eigenvalue weighted by molar-refractivity contribution is 7.99. The first-order valence-electron chi connectivity index (χ1n) is 9.86. The summed E-state index contributed by atoms with van der Waals surface area (Å²) in [7, 11) is 0. The summed E-state index contributed by atoms with van der Waals surface area (Å²) in [6.45, 7) is 6.31. The van der Waals surface area contributed by atoms with Crippen LogP contribution in [-0.2, 0) is 21.9 Å². The lowest BCUT2D eigenvalue weighted by Gasteiger charge is -2.29. The molecule has 0 unspecified atom stereocenters. The molecule has 6 heteroatoms. The van der Waals surface area contributed by atoms with Crippen molar-refractivity contribution in [3.63, 3.8) is 0 Å². The van der Waals surface area contributed by atoms with Gasteiger partial charge in [-0.3, -0.25) is 9.59 Å². The Morgan fingerprint density at radius 2 is 1.83 bits per heavy atom. The molecule has 0 aliphatic rings. The van der Waals surface area contributed by atoms with Gasteiger partial charge in [0, 0.05) is 24.4 Å². The highest BCUT2D eigenvalue weighted by Gasteiger charge is 2.26. The lowest BCUT2D eigenvalue weighted by atomic mass is 10.1. The van der Waals surface area contributed by atoms with Crippen molar-refractivity contribution >= 4 is 23.6 Å². The number of nitrogens with zero attached hydrogens (tertiary/aromatic N) is 1. The Morgan fingerprint density at radius 1 is 1.14 bits per heavy atom. The number of carbonyl (C=O) groups excluding carboxylic acids is 2. The van der Waals surface area contributed by atoms with Crippen molar-refractivity contribution < 1.29 is 14.0 Å². The van der Waals surface area contributed by atoms with E-state index in [9.17, 15) is 14.0 Å². The Hall–Kier alpha value is -2.34. The first-order chi connectivity index (χ1) is 13.9. The van der Waals surface area contributed by atoms with E-state index in [1.54, 1.807) is 25.1 Å². The molecule has 0 spiro atoms. The zero-order valence-electron chi connectivity index (χ0n) is 17.3. The molecule has 0 saturated heterocycles. The summed E-state index contributed by atoms with van der Waals surface area (Å²) in [4.78, 5) is 26.8. The van der Waals surface area contributed by atoms with Crippen molar-refractivity contribution in [2.45, 2.75) is 45.5 Å². The van der Waals surface area contributed by atoms with Crippen molar-refractivity contribution in [3.8, 4) is 0 Å². The molecular weight excluding hydrogens is 387 g/mol. The number of carbonyl (C=O) groups is 2. The zero-order valence-corrected chi connectivity index (χ0v) is 18.1. The van der Waals surface area contributed by atoms with Gasteiger partial charge in [-0.15, -0.1) is 11.8 Å². The highest BCUT2D eigenvalue weighted by atomic mass is 32.2. The van der Waals surface area contributed by atoms with Gasteiger partial charge in [-0.25, -0.2) is 4.39 Å². The number of hydrogen-bond donors (Lipinski definition) is 1. The van der Waals surface area contributed by atoms with Gasteiger partial charge in [0.1, 0.15) is 11.9 Å². The maximum Gasteiger partial charge on any atom is 0.242 e. The molecule has 29 heavy (non-hydrogen) atoms. The molecule has 2 aromatic rings. The SMILES string of the molecule is CCCNC(=O)[C@H](C)N(Cc1ccccc1F)C(=O)CSCc1ccc(C)cc1. The van der Waals surface area contributed by atoms with Crippen molar-refractivity contribution in [1.29, 1.82) is 0 Å². The first-order valence-corrected chi connectivity index (χ1v) is 11.0. The van der Waals surface area contributed by atoms with E-state index >= 15 is 0 Å². The molecule has 1 atom stereocenters. The summed E-state index contributed by atoms with van der Waals surface area (Å²) >= 11 is 1.49. The maximum absolute atomic E-state index is 14.1. The number of aryl methyl sites for hydroxylation is 1. The molecule has 0 radical (unpaired) electrons. The molecular formula is C23H29FN2O2S. The first kappa shape index (κ1) is 22.9. The minimum atomic E-state index is -0.673. The van der Waals surface area contributed by atoms with Gasteiger partial charge in [-0.1, -0.05) is 55.0 Å². The molecule has 0 aromatic heterocycles. The van der Waals surface area contributed by atoms with E-state index in [2.05, 4.69) is 5.32 Å². The average Bonchev–Trinajstić information content (AvgIpc) is 2.72. The Bertz CT molecular complexity index is 811. The van der Waals surface area contributed by atoms with Crippen LogP contribution in [0.4, 0.5) is 4.39 Å². The van der Waals surface area contributed by atoms with Crippen LogP contribution in [0.2, 0.25) is 0 Å². The van der Waals surface area contributed by atoms with Gasteiger partial charge in [0.2, 0.25) is 11.8 Å². The second kappa shape index (κ2) is 11.6. The second-order valence-electron chi connectivity index (χ2n) is 7.06. The number of rotatable bonds is 10. The Morgan fingerprint density at radius 3 is 2.48 bits per heavy atom. The van der Waals surface area contributed by atoms with E-state index in [4.69, 9.17) is 0 Å². The lowest BCUT2D eigenvalue weighted by Crippen LogP contribution is -2.48. The maximum atomic E-state index is 14.1. The molecule has 0 aliphatic carbocycles. The average molecular weight is 417 g/mol. The van der Waals surface area contributed by atoms with Gasteiger partial charge >= 0.3 is 0 Å². The molecule has 0 bridgehead atoms. The van der Waals surface area contributed by atoms with Gasteiger partial charge in [-0.2, -0.15) is 0 Å². The predicted octanol–water partition coefficient (Wildman–Crippen LogP) is 4.31. The van der Waals surface area contributed by atoms with Crippen molar-refractivity contribution in [2.24, 2.45) is 0 Å². The van der Waals surface area contributed by atoms with Crippen molar-refractivity contribution in [1.82, 2.24) is 10.2 Å². The third-order valence-corrected chi connectivity index (χ3v) is 5.62. The number of halogens is 1. The summed E-state index contributed by atoms with van der Waals surface area (Å²) in [6, 6.07) is 13.9. The third-order valence-electron chi connectivity index (χ3n) is 4.63. The molecule has 2 rings (SSSR count). The quantitative estimate of drug-likeness (QED) is 0.628. The third kappa shape index (κ3) is 7.20. The summed E-state index contributed by atoms with van der Waals surface area (Å²) in [5.74, 6) is 0.160. The van der Waals surface area contributed by atoms with Gasteiger partial charge < -0.3 is 10.2 Å². The van der Waals surface area contributed by atoms with E-state index in [0.29, 0.717) is 17.9 Å². The molecule has 0 aliphatic heterocycles. The number of thioether (sulfide) groups is 1. The largest absolute Gasteiger partial charge is 0.354 e. The normalized spacial score (nSPS) is 11.7. The van der Waals surface area contributed by atoms with Crippen LogP contribution < -0.4 is 5.32 Å². The lowest BCUT2D eigenvalue weighted by molar-refractivity contribution is -0.138. The van der Waals surface area contributed by atoms with Gasteiger partial charge in [-0.05, 0) is 31.9 Å². The van der Waals surface area contributed by atoms with Crippen LogP contribution in [0.1, 0.15) is 37.0 Å². The molecule has 2 amide bonds. The summed E-state index contributed by atoms with van der Waals surface area (Å²) in [6.07, 6.45) is 0.812. The van der Waals surface area contributed by atoms with E-state index in [0.717, 1.165) is 12.0 Å². The van der Waals surface area contributed by atoms with Crippen LogP contribution in [0.3, 0.4) is 0 Å². The molecule has 2 aromatic carbocycles. The van der Waals surface area contributed by atoms with E-state index in [1.807, 2.05) is 38.1 Å². The fourth-order valence-corrected chi connectivity index (χ4v) is 3.68. The van der Waals surface area contributed by atoms with Crippen LogP contribution in [0.15, 0.2) is 48.5 Å². The number of nitrogens with one attached hydrogen (secondary N) is 1. The molecule has 0 saturated carbocycles. The van der Waals surface area contributed by atoms with Gasteiger partial charge in [0.25, 0.3) is 0 Å². The standard InChI is InChI=1S/C23H29FN2O2S/c1-4-13-25-23(28)18(3)26(14-20-7-5-6-8-21(20)24)22(27)16-29-15-19-11-9-17(2)10-12-19/h5-12,18H,4,13-16H2,1-3H3,(H,25,28)/t18-/m0/s1. The van der Waals surface area contributed by atoms with Crippen LogP contribution in [0.25, 0.3) is 0 Å². The summed E-state index contributed by atoms with van der Waals surface area (Å²) < 4.78 is 14.1. The van der Waals surface area contributed by atoms with E-state index < -0.39 is 6.04 Å². The van der Waals surface area contributed by atoms with Crippen LogP contribution in [0.5, 0.6) is 0 Å². The number of benzene rings is 2. The van der Waals surface area contributed by atoms with Crippen LogP contribution in [-0.4, -0.2) is 35.1 Å². The highest BCUT2D eigenvalue weighted by Crippen LogP contribution is 2.17. The molecule has 1 N–H and O–H groups in total. The van der Waals surface area contributed by atoms with Crippen molar-refractivity contribution in [3.05, 3.63) is 71.0 Å². The molecule has 0 heterocycles. The number of hydrogen-bond acceptors (Lipinski definition) is 3. The molecule has 156 valence electrons. The molecule has 0 fully saturated rings. The topological polar surface area (TPSA) is 49.4 Å². The Labute approximate surface area is 176 Å². The zero-order chi connectivity index (χ0) is 21.2. The minimum absolute atomic E-state index is 0.0668. The monoisotopic (exact) mass is 416 g/mol. The van der Waals surface area contributed by atoms with E-state index in [1.165, 1.54) is 28.3 Å². The summed E-state index contributed by atoms with van der Waals surface area (Å²) in [5.41, 5.74) is 2.74.